The molecular weight excluding hydrogens is 652 g/mol. The van der Waals surface area contributed by atoms with Crippen LogP contribution in [0.1, 0.15) is 51.2 Å². The van der Waals surface area contributed by atoms with Crippen LogP contribution in [0.4, 0.5) is 11.4 Å². The summed E-state index contributed by atoms with van der Waals surface area (Å²) < 4.78 is 19.6. The average Bonchev–Trinajstić information content (AvgIpc) is 3.73. The normalized spacial score (nSPS) is 11.9. The molecule has 0 fully saturated rings. The van der Waals surface area contributed by atoms with Crippen LogP contribution in [0.2, 0.25) is 0 Å². The van der Waals surface area contributed by atoms with Crippen molar-refractivity contribution in [3.63, 3.8) is 0 Å². The molecule has 2 heterocycles. The third-order valence-electron chi connectivity index (χ3n) is 8.69. The molecule has 266 valence electrons. The van der Waals surface area contributed by atoms with Gasteiger partial charge in [0.1, 0.15) is 47.8 Å². The molecule has 10 heteroatoms. The second-order valence-electron chi connectivity index (χ2n) is 12.6. The summed E-state index contributed by atoms with van der Waals surface area (Å²) in [5.74, 6) is 3.26. The van der Waals surface area contributed by atoms with Gasteiger partial charge in [-0.15, -0.1) is 0 Å². The van der Waals surface area contributed by atoms with Crippen LogP contribution in [-0.2, 0) is 27.2 Å². The molecule has 10 nitrogen and oxygen atoms in total. The van der Waals surface area contributed by atoms with Gasteiger partial charge in [-0.3, -0.25) is 9.98 Å². The largest absolute Gasteiger partial charge is 0.853 e. The Bertz CT molecular complexity index is 1970. The third kappa shape index (κ3) is 8.76. The number of hydrogen-bond donors (Lipinski definition) is 0. The van der Waals surface area contributed by atoms with Crippen molar-refractivity contribution in [3.8, 4) is 34.1 Å². The summed E-state index contributed by atoms with van der Waals surface area (Å²) in [5, 5.41) is 25.9. The predicted molar refractivity (Wildman–Crippen MR) is 198 cm³/mol. The molecule has 0 aliphatic carbocycles. The first kappa shape index (κ1) is 35.7. The van der Waals surface area contributed by atoms with Gasteiger partial charge in [0.2, 0.25) is 0 Å². The smallest absolute Gasteiger partial charge is 0.292 e. The van der Waals surface area contributed by atoms with Crippen molar-refractivity contribution in [1.82, 2.24) is 9.13 Å². The monoisotopic (exact) mass is 696 g/mol. The summed E-state index contributed by atoms with van der Waals surface area (Å²) in [4.78, 5) is 8.65. The first-order valence-corrected chi connectivity index (χ1v) is 17.7. The van der Waals surface area contributed by atoms with Crippen molar-refractivity contribution in [2.75, 3.05) is 0 Å². The molecule has 0 unspecified atom stereocenters. The van der Waals surface area contributed by atoms with Gasteiger partial charge in [-0.1, -0.05) is 51.0 Å². The second kappa shape index (κ2) is 16.7. The van der Waals surface area contributed by atoms with Crippen molar-refractivity contribution in [2.24, 2.45) is 24.1 Å². The fraction of sp³-hybridized carbons (Fsp3) is 0.238. The molecule has 0 saturated carbocycles. The Morgan fingerprint density at radius 3 is 1.19 bits per heavy atom. The van der Waals surface area contributed by atoms with Crippen molar-refractivity contribution >= 4 is 23.2 Å². The number of benzene rings is 4. The molecular formula is C42H44N6O4. The summed E-state index contributed by atoms with van der Waals surface area (Å²) in [6.07, 6.45) is 11.7. The second-order valence-corrected chi connectivity index (χ2v) is 12.6. The molecule has 0 spiro atoms. The number of nitrogens with zero attached hydrogens (tertiary/aromatic N) is 6. The standard InChI is InChI=1S/C42H44N6O4/c1-5-7-25-47-29-27-45(3)41(47)39(49)43-33-13-21-37(22-14-33)51-35-17-9-31(10-18-35)32-11-19-36(20-12-32)52-38-23-15-34(16-24-38)44-40(50)42-46(4)28-30-48(42)26-8-6-2/h9-24,27-30H,5-8,25-26H2,1-4H3. The Balaban J connectivity index is 1.04. The highest BCUT2D eigenvalue weighted by molar-refractivity contribution is 5.88. The van der Waals surface area contributed by atoms with E-state index in [1.54, 1.807) is 24.3 Å². The number of aromatic nitrogens is 4. The Morgan fingerprint density at radius 2 is 0.865 bits per heavy atom. The van der Waals surface area contributed by atoms with Gasteiger partial charge in [0, 0.05) is 0 Å². The third-order valence-corrected chi connectivity index (χ3v) is 8.69. The van der Waals surface area contributed by atoms with E-state index in [1.165, 1.54) is 0 Å². The van der Waals surface area contributed by atoms with Gasteiger partial charge >= 0.3 is 0 Å². The molecule has 6 rings (SSSR count). The van der Waals surface area contributed by atoms with E-state index in [0.29, 0.717) is 46.0 Å². The van der Waals surface area contributed by atoms with Gasteiger partial charge in [0.05, 0.1) is 50.4 Å². The van der Waals surface area contributed by atoms with E-state index >= 15 is 0 Å². The van der Waals surface area contributed by atoms with Crippen LogP contribution in [0.5, 0.6) is 23.0 Å². The zero-order valence-corrected chi connectivity index (χ0v) is 30.1. The Morgan fingerprint density at radius 1 is 0.538 bits per heavy atom. The minimum Gasteiger partial charge on any atom is -0.853 e. The number of aliphatic imine (C=N–C) groups is 2. The number of rotatable bonds is 15. The lowest BCUT2D eigenvalue weighted by atomic mass is 10.1. The zero-order chi connectivity index (χ0) is 36.5. The van der Waals surface area contributed by atoms with Crippen LogP contribution >= 0.6 is 0 Å². The van der Waals surface area contributed by atoms with E-state index < -0.39 is 0 Å². The minimum atomic E-state index is -0.276. The number of aryl methyl sites for hydroxylation is 4. The van der Waals surface area contributed by atoms with Crippen LogP contribution in [0.25, 0.3) is 11.1 Å². The minimum absolute atomic E-state index is 0.276. The van der Waals surface area contributed by atoms with Gasteiger partial charge in [-0.2, -0.15) is 0 Å². The molecule has 4 aromatic carbocycles. The fourth-order valence-corrected chi connectivity index (χ4v) is 5.83. The van der Waals surface area contributed by atoms with Crippen LogP contribution < -0.4 is 28.8 Å². The highest BCUT2D eigenvalue weighted by Gasteiger charge is 2.16. The molecule has 52 heavy (non-hydrogen) atoms. The maximum atomic E-state index is 13.0. The maximum absolute atomic E-state index is 13.0. The maximum Gasteiger partial charge on any atom is 0.292 e. The first-order valence-electron chi connectivity index (χ1n) is 17.7. The number of hydrogen-bond acceptors (Lipinski definition) is 6. The topological polar surface area (TPSA) is 107 Å². The van der Waals surface area contributed by atoms with Crippen molar-refractivity contribution in [3.05, 3.63) is 133 Å². The Kier molecular flexibility index (Phi) is 11.5. The lowest BCUT2D eigenvalue weighted by Gasteiger charge is -2.11. The lowest BCUT2D eigenvalue weighted by molar-refractivity contribution is -0.674. The Labute approximate surface area is 304 Å². The van der Waals surface area contributed by atoms with Crippen molar-refractivity contribution in [2.45, 2.75) is 52.6 Å². The van der Waals surface area contributed by atoms with E-state index in [-0.39, 0.29) is 11.8 Å². The molecule has 0 aliphatic rings. The van der Waals surface area contributed by atoms with Gasteiger partial charge in [0.15, 0.2) is 0 Å². The van der Waals surface area contributed by atoms with E-state index in [2.05, 4.69) is 23.8 Å². The SMILES string of the molecule is CCCCn1cc[n+](C)c1C([O-])=Nc1ccc(Oc2ccc(-c3ccc(Oc4ccc(N=C([O-])c5n(CCCC)cc[n+]5C)cc4)cc3)cc2)cc1. The quantitative estimate of drug-likeness (QED) is 0.0680. The summed E-state index contributed by atoms with van der Waals surface area (Å²) >= 11 is 0. The summed E-state index contributed by atoms with van der Waals surface area (Å²) in [6, 6.07) is 30.1. The average molecular weight is 697 g/mol. The predicted octanol–water partition coefficient (Wildman–Crippen LogP) is 6.67. The van der Waals surface area contributed by atoms with E-state index in [9.17, 15) is 10.2 Å². The Hall–Kier alpha value is -6.16. The van der Waals surface area contributed by atoms with Gasteiger partial charge < -0.3 is 19.7 Å². The molecule has 6 aromatic rings. The molecule has 0 amide bonds. The van der Waals surface area contributed by atoms with Gasteiger partial charge in [-0.25, -0.2) is 18.3 Å². The number of unbranched alkanes of at least 4 members (excludes halogenated alkanes) is 2. The van der Waals surface area contributed by atoms with Gasteiger partial charge in [-0.05, 0) is 96.8 Å². The number of imidazole rings is 2. The lowest BCUT2D eigenvalue weighted by Crippen LogP contribution is -2.40. The highest BCUT2D eigenvalue weighted by atomic mass is 16.5. The summed E-state index contributed by atoms with van der Waals surface area (Å²) in [7, 11) is 3.72. The molecule has 2 aromatic heterocycles. The molecule has 0 atom stereocenters. The van der Waals surface area contributed by atoms with Crippen LogP contribution in [0, 0.1) is 0 Å². The summed E-state index contributed by atoms with van der Waals surface area (Å²) in [5.41, 5.74) is 3.21. The molecule has 0 saturated heterocycles. The van der Waals surface area contributed by atoms with E-state index in [4.69, 9.17) is 9.47 Å². The molecule has 0 radical (unpaired) electrons. The summed E-state index contributed by atoms with van der Waals surface area (Å²) in [6.45, 7) is 5.83. The zero-order valence-electron chi connectivity index (χ0n) is 30.1. The van der Waals surface area contributed by atoms with Crippen LogP contribution in [0.3, 0.4) is 0 Å². The molecule has 0 aliphatic heterocycles. The fourth-order valence-electron chi connectivity index (χ4n) is 5.83. The highest BCUT2D eigenvalue weighted by Crippen LogP contribution is 2.30. The first-order chi connectivity index (χ1) is 25.3. The van der Waals surface area contributed by atoms with Gasteiger partial charge in [0.25, 0.3) is 11.6 Å². The van der Waals surface area contributed by atoms with E-state index in [0.717, 1.165) is 49.9 Å². The number of ether oxygens (including phenoxy) is 2. The van der Waals surface area contributed by atoms with Crippen molar-refractivity contribution < 1.29 is 28.8 Å². The van der Waals surface area contributed by atoms with Crippen LogP contribution in [0.15, 0.2) is 132 Å². The van der Waals surface area contributed by atoms with Crippen molar-refractivity contribution in [1.29, 1.82) is 0 Å². The van der Waals surface area contributed by atoms with Crippen LogP contribution in [-0.4, -0.2) is 20.9 Å². The molecule has 0 bridgehead atoms. The molecule has 0 N–H and O–H groups in total. The van der Waals surface area contributed by atoms with E-state index in [1.807, 2.05) is 130 Å².